The van der Waals surface area contributed by atoms with Gasteiger partial charge in [0.05, 0.1) is 0 Å². The van der Waals surface area contributed by atoms with E-state index in [1.54, 1.807) is 0 Å². The summed E-state index contributed by atoms with van der Waals surface area (Å²) >= 11 is 0. The fraction of sp³-hybridized carbons (Fsp3) is 0.333. The molecule has 0 aliphatic carbocycles. The van der Waals surface area contributed by atoms with Gasteiger partial charge in [0.15, 0.2) is 5.82 Å². The van der Waals surface area contributed by atoms with E-state index in [0.29, 0.717) is 25.3 Å². The molecule has 0 aliphatic heterocycles. The lowest BCUT2D eigenvalue weighted by molar-refractivity contribution is 0.375. The number of aryl methyl sites for hydroxylation is 1. The number of rotatable bonds is 4. The summed E-state index contributed by atoms with van der Waals surface area (Å²) in [5.41, 5.74) is 7.89. The quantitative estimate of drug-likeness (QED) is 0.842. The molecular weight excluding hydrogens is 202 g/mol. The van der Waals surface area contributed by atoms with Crippen LogP contribution in [0.5, 0.6) is 0 Å². The van der Waals surface area contributed by atoms with Crippen molar-refractivity contribution in [2.45, 2.75) is 19.8 Å². The second-order valence-electron chi connectivity index (χ2n) is 3.75. The van der Waals surface area contributed by atoms with Gasteiger partial charge in [0.25, 0.3) is 0 Å². The fourth-order valence-electron chi connectivity index (χ4n) is 1.57. The second-order valence-corrected chi connectivity index (χ2v) is 3.75. The standard InChI is InChI=1S/C12H15N3O/c1-9-4-2-3-5-10(9)8-11-14-12(6-7-13)16-15-11/h2-5H,6-8,13H2,1H3. The number of aromatic nitrogens is 2. The summed E-state index contributed by atoms with van der Waals surface area (Å²) in [5, 5.41) is 3.93. The fourth-order valence-corrected chi connectivity index (χ4v) is 1.57. The Morgan fingerprint density at radius 2 is 2.12 bits per heavy atom. The molecule has 4 heteroatoms. The zero-order valence-electron chi connectivity index (χ0n) is 9.31. The van der Waals surface area contributed by atoms with Gasteiger partial charge in [-0.15, -0.1) is 0 Å². The molecule has 2 aromatic rings. The van der Waals surface area contributed by atoms with Gasteiger partial charge >= 0.3 is 0 Å². The maximum Gasteiger partial charge on any atom is 0.227 e. The van der Waals surface area contributed by atoms with E-state index in [1.165, 1.54) is 11.1 Å². The van der Waals surface area contributed by atoms with Crippen LogP contribution in [-0.2, 0) is 12.8 Å². The zero-order valence-corrected chi connectivity index (χ0v) is 9.31. The van der Waals surface area contributed by atoms with E-state index in [4.69, 9.17) is 10.3 Å². The Bertz CT molecular complexity index is 465. The third kappa shape index (κ3) is 2.46. The van der Waals surface area contributed by atoms with E-state index in [0.717, 1.165) is 5.82 Å². The van der Waals surface area contributed by atoms with Crippen LogP contribution in [-0.4, -0.2) is 16.7 Å². The van der Waals surface area contributed by atoms with E-state index < -0.39 is 0 Å². The normalized spacial score (nSPS) is 10.6. The van der Waals surface area contributed by atoms with Crippen molar-refractivity contribution >= 4 is 0 Å². The van der Waals surface area contributed by atoms with Gasteiger partial charge in [-0.1, -0.05) is 29.4 Å². The van der Waals surface area contributed by atoms with Crippen molar-refractivity contribution in [1.82, 2.24) is 10.1 Å². The average molecular weight is 217 g/mol. The van der Waals surface area contributed by atoms with Crippen molar-refractivity contribution < 1.29 is 4.52 Å². The van der Waals surface area contributed by atoms with Gasteiger partial charge in [0, 0.05) is 19.4 Å². The van der Waals surface area contributed by atoms with Crippen molar-refractivity contribution in [2.24, 2.45) is 5.73 Å². The van der Waals surface area contributed by atoms with E-state index in [9.17, 15) is 0 Å². The molecule has 0 saturated heterocycles. The molecule has 0 amide bonds. The van der Waals surface area contributed by atoms with Crippen LogP contribution in [0.4, 0.5) is 0 Å². The lowest BCUT2D eigenvalue weighted by atomic mass is 10.1. The molecule has 0 radical (unpaired) electrons. The number of benzene rings is 1. The Morgan fingerprint density at radius 3 is 2.88 bits per heavy atom. The molecule has 0 aliphatic rings. The maximum absolute atomic E-state index is 5.42. The third-order valence-corrected chi connectivity index (χ3v) is 2.48. The lowest BCUT2D eigenvalue weighted by Crippen LogP contribution is -2.03. The SMILES string of the molecule is Cc1ccccc1Cc1noc(CCN)n1. The van der Waals surface area contributed by atoms with Crippen molar-refractivity contribution in [2.75, 3.05) is 6.54 Å². The lowest BCUT2D eigenvalue weighted by Gasteiger charge is -2.00. The molecule has 0 atom stereocenters. The summed E-state index contributed by atoms with van der Waals surface area (Å²) in [6.45, 7) is 2.61. The Hall–Kier alpha value is -1.68. The van der Waals surface area contributed by atoms with Gasteiger partial charge < -0.3 is 10.3 Å². The molecule has 4 nitrogen and oxygen atoms in total. The van der Waals surface area contributed by atoms with Crippen LogP contribution >= 0.6 is 0 Å². The van der Waals surface area contributed by atoms with E-state index in [1.807, 2.05) is 12.1 Å². The Balaban J connectivity index is 2.11. The summed E-state index contributed by atoms with van der Waals surface area (Å²) in [6.07, 6.45) is 1.35. The molecule has 0 unspecified atom stereocenters. The Labute approximate surface area is 94.5 Å². The van der Waals surface area contributed by atoms with Gasteiger partial charge in [0.2, 0.25) is 5.89 Å². The summed E-state index contributed by atoms with van der Waals surface area (Å²) in [7, 11) is 0. The maximum atomic E-state index is 5.42. The molecule has 16 heavy (non-hydrogen) atoms. The van der Waals surface area contributed by atoms with E-state index in [-0.39, 0.29) is 0 Å². The smallest absolute Gasteiger partial charge is 0.227 e. The molecule has 1 aromatic heterocycles. The zero-order chi connectivity index (χ0) is 11.4. The molecule has 2 rings (SSSR count). The highest BCUT2D eigenvalue weighted by atomic mass is 16.5. The average Bonchev–Trinajstić information content (AvgIpc) is 2.70. The highest BCUT2D eigenvalue weighted by molar-refractivity contribution is 5.27. The van der Waals surface area contributed by atoms with Gasteiger partial charge in [-0.2, -0.15) is 4.98 Å². The minimum Gasteiger partial charge on any atom is -0.339 e. The first-order valence-corrected chi connectivity index (χ1v) is 5.35. The molecule has 0 saturated carbocycles. The van der Waals surface area contributed by atoms with Crippen LogP contribution in [0.1, 0.15) is 22.8 Å². The van der Waals surface area contributed by atoms with Gasteiger partial charge in [-0.3, -0.25) is 0 Å². The third-order valence-electron chi connectivity index (χ3n) is 2.48. The first-order chi connectivity index (χ1) is 7.79. The molecule has 1 aromatic carbocycles. The van der Waals surface area contributed by atoms with Gasteiger partial charge in [0.1, 0.15) is 0 Å². The van der Waals surface area contributed by atoms with Crippen LogP contribution < -0.4 is 5.73 Å². The van der Waals surface area contributed by atoms with Crippen molar-refractivity contribution in [3.63, 3.8) is 0 Å². The predicted octanol–water partition coefficient (Wildman–Crippen LogP) is 1.47. The Morgan fingerprint density at radius 1 is 1.31 bits per heavy atom. The summed E-state index contributed by atoms with van der Waals surface area (Å²) in [4.78, 5) is 4.28. The minimum atomic E-state index is 0.534. The molecular formula is C12H15N3O. The largest absolute Gasteiger partial charge is 0.339 e. The highest BCUT2D eigenvalue weighted by Crippen LogP contribution is 2.11. The number of hydrogen-bond donors (Lipinski definition) is 1. The second kappa shape index (κ2) is 4.90. The van der Waals surface area contributed by atoms with Crippen molar-refractivity contribution in [3.8, 4) is 0 Å². The van der Waals surface area contributed by atoms with Crippen molar-refractivity contribution in [3.05, 3.63) is 47.1 Å². The number of nitrogens with zero attached hydrogens (tertiary/aromatic N) is 2. The van der Waals surface area contributed by atoms with Gasteiger partial charge in [-0.25, -0.2) is 0 Å². The highest BCUT2D eigenvalue weighted by Gasteiger charge is 2.07. The van der Waals surface area contributed by atoms with E-state index >= 15 is 0 Å². The molecule has 1 heterocycles. The summed E-state index contributed by atoms with van der Waals surface area (Å²) < 4.78 is 5.08. The first-order valence-electron chi connectivity index (χ1n) is 5.35. The molecule has 84 valence electrons. The van der Waals surface area contributed by atoms with Crippen LogP contribution in [0.25, 0.3) is 0 Å². The minimum absolute atomic E-state index is 0.534. The number of nitrogens with two attached hydrogens (primary N) is 1. The molecule has 0 fully saturated rings. The van der Waals surface area contributed by atoms with Crippen LogP contribution in [0, 0.1) is 6.92 Å². The van der Waals surface area contributed by atoms with Crippen LogP contribution in [0.15, 0.2) is 28.8 Å². The molecule has 0 bridgehead atoms. The summed E-state index contributed by atoms with van der Waals surface area (Å²) in [6, 6.07) is 8.20. The summed E-state index contributed by atoms with van der Waals surface area (Å²) in [5.74, 6) is 1.34. The van der Waals surface area contributed by atoms with Crippen molar-refractivity contribution in [1.29, 1.82) is 0 Å². The molecule has 2 N–H and O–H groups in total. The van der Waals surface area contributed by atoms with Gasteiger partial charge in [-0.05, 0) is 18.1 Å². The number of hydrogen-bond acceptors (Lipinski definition) is 4. The van der Waals surface area contributed by atoms with Crippen LogP contribution in [0.2, 0.25) is 0 Å². The van der Waals surface area contributed by atoms with Crippen LogP contribution in [0.3, 0.4) is 0 Å². The predicted molar refractivity (Wildman–Crippen MR) is 61.0 cm³/mol. The van der Waals surface area contributed by atoms with E-state index in [2.05, 4.69) is 29.2 Å². The first kappa shape index (κ1) is 10.8. The topological polar surface area (TPSA) is 64.9 Å². The monoisotopic (exact) mass is 217 g/mol. The molecule has 0 spiro atoms. The Kier molecular flexibility index (Phi) is 3.31.